The Morgan fingerprint density at radius 2 is 1.67 bits per heavy atom. The van der Waals surface area contributed by atoms with Crippen LogP contribution in [0.4, 0.5) is 5.69 Å². The van der Waals surface area contributed by atoms with Crippen molar-refractivity contribution < 1.29 is 68.1 Å². The predicted molar refractivity (Wildman–Crippen MR) is 197 cm³/mol. The highest BCUT2D eigenvalue weighted by Crippen LogP contribution is 2.52. The molecular weight excluding hydrogens is 718 g/mol. The van der Waals surface area contributed by atoms with Gasteiger partial charge >= 0.3 is 11.9 Å². The molecule has 1 amide bonds. The molecule has 4 rings (SSSR count). The summed E-state index contributed by atoms with van der Waals surface area (Å²) in [6.07, 6.45) is 1.10. The summed E-state index contributed by atoms with van der Waals surface area (Å²) in [6.45, 7) is 13.2. The van der Waals surface area contributed by atoms with Gasteiger partial charge in [-0.1, -0.05) is 39.0 Å². The second-order valence-electron chi connectivity index (χ2n) is 14.1. The first-order chi connectivity index (χ1) is 25.7. The third-order valence-electron chi connectivity index (χ3n) is 10.1. The first-order valence-electron chi connectivity index (χ1n) is 17.7. The zero-order valence-electron chi connectivity index (χ0n) is 32.5. The molecule has 0 radical (unpaired) electrons. The fraction of sp³-hybridized carbons (Fsp3) is 0.475. The Kier molecular flexibility index (Phi) is 13.3. The highest BCUT2D eigenvalue weighted by Gasteiger charge is 2.50. The number of esters is 2. The number of allylic oxidation sites excluding steroid dienone is 6. The zero-order chi connectivity index (χ0) is 41.2. The third kappa shape index (κ3) is 8.44. The maximum atomic E-state index is 13.8. The summed E-state index contributed by atoms with van der Waals surface area (Å²) in [5.74, 6) is -6.78. The van der Waals surface area contributed by atoms with Crippen molar-refractivity contribution in [2.45, 2.75) is 86.9 Å². The SMILES string of the molecule is COC(=O)[C@H]1[C@@H](O)[C@H](C)[C@@H](O)O[C@H]1[C@H](C)[C@@H](O)[C@@H](C)/C=C/C=C(\C)C(=O)Nc1c(C)c(OC(C)=O)c2c(c1O)C(=O)C(C)=C1OCOC(/C(C)=C/C(C)=O)=C12. The standard InChI is InChI=1S/C40H49NO14/c1-16(30(44)21(6)37-28(40(50)51-10)32(46)23(8)39(49)55-37)12-11-13-17(2)38(48)41-29-20(5)36(54-24(9)43)25-26(33(29)47)31(45)22(7)35-27(25)34(52-15-53-35)18(3)14-19(4)42/h11-14,16,21,23,28,30,32,37,39,44,46-47,49H,15H2,1-10H3,(H,41,48)/b12-11+,17-13+,18-14+/t16-,21+,23-,28-,30-,32-,37-,39-/m0/s1. The second kappa shape index (κ2) is 17.1. The van der Waals surface area contributed by atoms with Crippen LogP contribution in [0.25, 0.3) is 5.57 Å². The molecule has 0 saturated carbocycles. The summed E-state index contributed by atoms with van der Waals surface area (Å²) >= 11 is 0. The van der Waals surface area contributed by atoms with Gasteiger partial charge in [-0.2, -0.15) is 0 Å². The summed E-state index contributed by atoms with van der Waals surface area (Å²) in [4.78, 5) is 64.2. The number of carbonyl (C=O) groups excluding carboxylic acids is 5. The van der Waals surface area contributed by atoms with E-state index in [1.807, 2.05) is 0 Å². The van der Waals surface area contributed by atoms with Gasteiger partial charge in [0.1, 0.15) is 23.2 Å². The van der Waals surface area contributed by atoms with Gasteiger partial charge in [-0.05, 0) is 46.3 Å². The summed E-state index contributed by atoms with van der Waals surface area (Å²) < 4.78 is 27.6. The van der Waals surface area contributed by atoms with Crippen molar-refractivity contribution in [3.63, 3.8) is 0 Å². The summed E-state index contributed by atoms with van der Waals surface area (Å²) in [7, 11) is 1.17. The highest BCUT2D eigenvalue weighted by atomic mass is 16.7. The number of aromatic hydroxyl groups is 1. The molecule has 1 aliphatic carbocycles. The van der Waals surface area contributed by atoms with Gasteiger partial charge < -0.3 is 49.4 Å². The molecule has 2 heterocycles. The Bertz CT molecular complexity index is 1930. The Morgan fingerprint density at radius 1 is 1.02 bits per heavy atom. The van der Waals surface area contributed by atoms with Gasteiger partial charge in [0, 0.05) is 47.0 Å². The minimum absolute atomic E-state index is 0.00756. The topological polar surface area (TPSA) is 224 Å². The van der Waals surface area contributed by atoms with E-state index in [9.17, 15) is 44.4 Å². The number of fused-ring (bicyclic) bond motifs is 3. The Labute approximate surface area is 318 Å². The van der Waals surface area contributed by atoms with Crippen LogP contribution in [0, 0.1) is 30.6 Å². The van der Waals surface area contributed by atoms with Gasteiger partial charge in [-0.3, -0.25) is 24.0 Å². The summed E-state index contributed by atoms with van der Waals surface area (Å²) in [5, 5.41) is 46.5. The lowest BCUT2D eigenvalue weighted by Gasteiger charge is -2.44. The number of aliphatic hydroxyl groups excluding tert-OH is 3. The average Bonchev–Trinajstić information content (AvgIpc) is 3.13. The molecule has 0 unspecified atom stereocenters. The van der Waals surface area contributed by atoms with Crippen LogP contribution < -0.4 is 10.1 Å². The molecule has 5 N–H and O–H groups in total. The number of phenolic OH excluding ortho intramolecular Hbond substituents is 1. The van der Waals surface area contributed by atoms with Crippen molar-refractivity contribution in [3.05, 3.63) is 69.2 Å². The largest absolute Gasteiger partial charge is 0.505 e. The van der Waals surface area contributed by atoms with Crippen LogP contribution in [0.1, 0.15) is 76.9 Å². The minimum Gasteiger partial charge on any atom is -0.505 e. The van der Waals surface area contributed by atoms with E-state index < -0.39 is 77.7 Å². The number of benzene rings is 1. The van der Waals surface area contributed by atoms with Crippen molar-refractivity contribution in [1.82, 2.24) is 0 Å². The lowest BCUT2D eigenvalue weighted by molar-refractivity contribution is -0.262. The van der Waals surface area contributed by atoms with Crippen molar-refractivity contribution in [3.8, 4) is 11.5 Å². The smallest absolute Gasteiger partial charge is 0.313 e. The molecule has 0 bridgehead atoms. The van der Waals surface area contributed by atoms with E-state index >= 15 is 0 Å². The fourth-order valence-corrected chi connectivity index (χ4v) is 6.98. The highest BCUT2D eigenvalue weighted by molar-refractivity contribution is 6.21. The van der Waals surface area contributed by atoms with Crippen molar-refractivity contribution >= 4 is 40.7 Å². The number of anilines is 1. The monoisotopic (exact) mass is 767 g/mol. The van der Waals surface area contributed by atoms with Gasteiger partial charge in [0.2, 0.25) is 6.79 Å². The van der Waals surface area contributed by atoms with E-state index in [0.717, 1.165) is 6.92 Å². The number of ether oxygens (including phenoxy) is 5. The van der Waals surface area contributed by atoms with E-state index in [4.69, 9.17) is 23.7 Å². The number of nitrogens with one attached hydrogen (secondary N) is 1. The molecule has 15 heteroatoms. The van der Waals surface area contributed by atoms with E-state index in [0.29, 0.717) is 5.57 Å². The van der Waals surface area contributed by atoms with E-state index in [1.165, 1.54) is 60.0 Å². The van der Waals surface area contributed by atoms with Crippen LogP contribution in [0.2, 0.25) is 0 Å². The van der Waals surface area contributed by atoms with Crippen molar-refractivity contribution in [1.29, 1.82) is 0 Å². The van der Waals surface area contributed by atoms with Crippen LogP contribution in [0.15, 0.2) is 52.5 Å². The van der Waals surface area contributed by atoms with Crippen LogP contribution in [-0.2, 0) is 38.1 Å². The molecule has 298 valence electrons. The molecule has 55 heavy (non-hydrogen) atoms. The third-order valence-corrected chi connectivity index (χ3v) is 10.1. The zero-order valence-corrected chi connectivity index (χ0v) is 32.5. The van der Waals surface area contributed by atoms with Crippen molar-refractivity contribution in [2.24, 2.45) is 23.7 Å². The number of rotatable bonds is 11. The molecule has 0 aromatic heterocycles. The normalized spacial score (nSPS) is 24.6. The van der Waals surface area contributed by atoms with Crippen molar-refractivity contribution in [2.75, 3.05) is 19.2 Å². The predicted octanol–water partition coefficient (Wildman–Crippen LogP) is 3.92. The number of hydrogen-bond donors (Lipinski definition) is 5. The Balaban J connectivity index is 1.66. The first-order valence-corrected chi connectivity index (χ1v) is 17.7. The van der Waals surface area contributed by atoms with Crippen LogP contribution >= 0.6 is 0 Å². The summed E-state index contributed by atoms with van der Waals surface area (Å²) in [5.41, 5.74) is 0.454. The number of methoxy groups -OCH3 is 1. The number of hydrogen-bond acceptors (Lipinski definition) is 14. The summed E-state index contributed by atoms with van der Waals surface area (Å²) in [6, 6.07) is 0. The van der Waals surface area contributed by atoms with E-state index in [2.05, 4.69) is 5.32 Å². The van der Waals surface area contributed by atoms with Crippen LogP contribution in [0.3, 0.4) is 0 Å². The number of aliphatic hydroxyl groups is 3. The minimum atomic E-state index is -1.37. The van der Waals surface area contributed by atoms with Gasteiger partial charge in [0.05, 0.1) is 42.2 Å². The van der Waals surface area contributed by atoms with Gasteiger partial charge in [0.15, 0.2) is 23.6 Å². The molecule has 0 spiro atoms. The number of phenols is 1. The van der Waals surface area contributed by atoms with Gasteiger partial charge in [-0.25, -0.2) is 0 Å². The number of ketones is 2. The average molecular weight is 768 g/mol. The number of Topliss-reactive ketones (excluding diaryl/α,β-unsaturated/α-hetero) is 1. The maximum Gasteiger partial charge on any atom is 0.313 e. The number of amides is 1. The molecule has 15 nitrogen and oxygen atoms in total. The molecule has 1 saturated heterocycles. The lowest BCUT2D eigenvalue weighted by Crippen LogP contribution is -2.57. The molecule has 1 aromatic rings. The molecule has 2 aliphatic heterocycles. The maximum absolute atomic E-state index is 13.8. The molecule has 1 aromatic carbocycles. The lowest BCUT2D eigenvalue weighted by atomic mass is 9.76. The van der Waals surface area contributed by atoms with Gasteiger partial charge in [0.25, 0.3) is 5.91 Å². The second-order valence-corrected chi connectivity index (χ2v) is 14.1. The van der Waals surface area contributed by atoms with Crippen LogP contribution in [-0.4, -0.2) is 88.3 Å². The molecule has 3 aliphatic rings. The van der Waals surface area contributed by atoms with Crippen LogP contribution in [0.5, 0.6) is 11.5 Å². The van der Waals surface area contributed by atoms with E-state index in [1.54, 1.807) is 26.8 Å². The molecule has 1 fully saturated rings. The quantitative estimate of drug-likeness (QED) is 0.0708. The first kappa shape index (κ1) is 42.6. The molecule has 8 atom stereocenters. The Morgan fingerprint density at radius 3 is 2.27 bits per heavy atom. The Hall–Kier alpha value is -5.09. The van der Waals surface area contributed by atoms with E-state index in [-0.39, 0.29) is 68.9 Å². The fourth-order valence-electron chi connectivity index (χ4n) is 6.98. The molecular formula is C40H49NO14. The number of carbonyl (C=O) groups is 5. The van der Waals surface area contributed by atoms with Gasteiger partial charge in [-0.15, -0.1) is 0 Å².